The van der Waals surface area contributed by atoms with Gasteiger partial charge in [0.1, 0.15) is 0 Å². The quantitative estimate of drug-likeness (QED) is 0.629. The van der Waals surface area contributed by atoms with E-state index in [0.29, 0.717) is 19.5 Å². The molecule has 1 saturated heterocycles. The minimum atomic E-state index is -0.204. The van der Waals surface area contributed by atoms with Gasteiger partial charge in [-0.05, 0) is 19.4 Å². The van der Waals surface area contributed by atoms with Crippen molar-refractivity contribution in [1.82, 2.24) is 9.80 Å². The number of aliphatic hydroxyl groups excluding tert-OH is 1. The number of likely N-dealkylation sites (tertiary alicyclic amines) is 1. The van der Waals surface area contributed by atoms with Gasteiger partial charge in [0.05, 0.1) is 6.10 Å². The van der Waals surface area contributed by atoms with Crippen LogP contribution in [0.2, 0.25) is 0 Å². The molecule has 0 bridgehead atoms. The van der Waals surface area contributed by atoms with E-state index in [-0.39, 0.29) is 12.0 Å². The number of amides is 1. The van der Waals surface area contributed by atoms with Crippen LogP contribution in [0.15, 0.2) is 0 Å². The number of carbonyl (C=O) groups excluding carboxylic acids is 1. The van der Waals surface area contributed by atoms with Gasteiger partial charge >= 0.3 is 0 Å². The maximum absolute atomic E-state index is 11.7. The molecule has 1 aliphatic heterocycles. The van der Waals surface area contributed by atoms with E-state index in [2.05, 4.69) is 4.90 Å². The summed E-state index contributed by atoms with van der Waals surface area (Å²) in [5, 5.41) is 9.34. The molecule has 0 aromatic carbocycles. The third-order valence-electron chi connectivity index (χ3n) is 3.01. The van der Waals surface area contributed by atoms with E-state index in [0.717, 1.165) is 32.5 Å². The van der Waals surface area contributed by atoms with Crippen molar-refractivity contribution in [2.24, 2.45) is 5.73 Å². The molecule has 0 radical (unpaired) electrons. The highest BCUT2D eigenvalue weighted by atomic mass is 16.3. The second-order valence-electron chi connectivity index (χ2n) is 4.45. The number of nitrogens with zero attached hydrogens (tertiary/aromatic N) is 2. The molecule has 3 N–H and O–H groups in total. The average molecular weight is 229 g/mol. The highest BCUT2D eigenvalue weighted by Gasteiger charge is 2.20. The number of hydrogen-bond acceptors (Lipinski definition) is 4. The van der Waals surface area contributed by atoms with Gasteiger partial charge in [-0.15, -0.1) is 0 Å². The van der Waals surface area contributed by atoms with E-state index in [4.69, 9.17) is 5.73 Å². The monoisotopic (exact) mass is 229 g/mol. The van der Waals surface area contributed by atoms with Gasteiger partial charge in [0.25, 0.3) is 0 Å². The largest absolute Gasteiger partial charge is 0.392 e. The van der Waals surface area contributed by atoms with Gasteiger partial charge in [0.2, 0.25) is 5.91 Å². The first-order valence-electron chi connectivity index (χ1n) is 5.98. The van der Waals surface area contributed by atoms with Crippen LogP contribution in [0.4, 0.5) is 0 Å². The van der Waals surface area contributed by atoms with Gasteiger partial charge in [-0.25, -0.2) is 0 Å². The minimum Gasteiger partial charge on any atom is -0.392 e. The number of carbonyl (C=O) groups is 1. The molecular weight excluding hydrogens is 206 g/mol. The lowest BCUT2D eigenvalue weighted by atomic mass is 10.3. The summed E-state index contributed by atoms with van der Waals surface area (Å²) in [7, 11) is 1.82. The summed E-state index contributed by atoms with van der Waals surface area (Å²) in [5.41, 5.74) is 5.39. The Morgan fingerprint density at radius 2 is 2.38 bits per heavy atom. The van der Waals surface area contributed by atoms with Crippen molar-refractivity contribution in [2.75, 3.05) is 39.8 Å². The van der Waals surface area contributed by atoms with Crippen LogP contribution in [0.5, 0.6) is 0 Å². The first-order chi connectivity index (χ1) is 7.63. The highest BCUT2D eigenvalue weighted by Crippen LogP contribution is 2.09. The van der Waals surface area contributed by atoms with Crippen molar-refractivity contribution in [2.45, 2.75) is 25.4 Å². The predicted molar refractivity (Wildman–Crippen MR) is 63.0 cm³/mol. The van der Waals surface area contributed by atoms with Crippen LogP contribution >= 0.6 is 0 Å². The van der Waals surface area contributed by atoms with Gasteiger partial charge in [0, 0.05) is 39.6 Å². The summed E-state index contributed by atoms with van der Waals surface area (Å²) >= 11 is 0. The van der Waals surface area contributed by atoms with E-state index in [1.165, 1.54) is 0 Å². The number of rotatable bonds is 6. The molecule has 5 nitrogen and oxygen atoms in total. The molecule has 1 heterocycles. The Morgan fingerprint density at radius 3 is 2.94 bits per heavy atom. The highest BCUT2D eigenvalue weighted by molar-refractivity contribution is 5.76. The molecule has 0 aliphatic carbocycles. The van der Waals surface area contributed by atoms with E-state index in [1.807, 2.05) is 7.05 Å². The maximum atomic E-state index is 11.7. The van der Waals surface area contributed by atoms with Crippen molar-refractivity contribution >= 4 is 5.91 Å². The van der Waals surface area contributed by atoms with Gasteiger partial charge < -0.3 is 20.6 Å². The van der Waals surface area contributed by atoms with Crippen LogP contribution < -0.4 is 5.73 Å². The maximum Gasteiger partial charge on any atom is 0.223 e. The summed E-state index contributed by atoms with van der Waals surface area (Å²) in [6.07, 6.45) is 2.01. The van der Waals surface area contributed by atoms with E-state index in [9.17, 15) is 9.90 Å². The summed E-state index contributed by atoms with van der Waals surface area (Å²) in [5.74, 6) is 0.162. The van der Waals surface area contributed by atoms with Crippen molar-refractivity contribution in [3.63, 3.8) is 0 Å². The molecule has 1 fully saturated rings. The summed E-state index contributed by atoms with van der Waals surface area (Å²) < 4.78 is 0. The lowest BCUT2D eigenvalue weighted by Gasteiger charge is -2.19. The molecule has 1 unspecified atom stereocenters. The molecule has 0 saturated carbocycles. The van der Waals surface area contributed by atoms with Crippen molar-refractivity contribution in [3.8, 4) is 0 Å². The molecular formula is C11H23N3O2. The van der Waals surface area contributed by atoms with Crippen LogP contribution in [0.1, 0.15) is 19.3 Å². The number of aliphatic hydroxyl groups is 1. The minimum absolute atomic E-state index is 0.162. The molecule has 1 rings (SSSR count). The Morgan fingerprint density at radius 1 is 1.62 bits per heavy atom. The Hall–Kier alpha value is -0.650. The van der Waals surface area contributed by atoms with E-state index in [1.54, 1.807) is 4.90 Å². The van der Waals surface area contributed by atoms with E-state index < -0.39 is 0 Å². The number of hydrogen-bond donors (Lipinski definition) is 2. The van der Waals surface area contributed by atoms with Crippen LogP contribution in [0.25, 0.3) is 0 Å². The van der Waals surface area contributed by atoms with E-state index >= 15 is 0 Å². The average Bonchev–Trinajstić information content (AvgIpc) is 2.68. The van der Waals surface area contributed by atoms with Crippen LogP contribution in [0.3, 0.4) is 0 Å². The molecule has 1 aliphatic rings. The normalized spacial score (nSPS) is 21.3. The molecule has 5 heteroatoms. The first-order valence-corrected chi connectivity index (χ1v) is 5.98. The number of nitrogens with two attached hydrogens (primary N) is 1. The molecule has 1 atom stereocenters. The third kappa shape index (κ3) is 4.47. The Bertz CT molecular complexity index is 223. The van der Waals surface area contributed by atoms with Crippen molar-refractivity contribution in [1.29, 1.82) is 0 Å². The lowest BCUT2D eigenvalue weighted by Crippen LogP contribution is -2.32. The molecule has 0 spiro atoms. The zero-order chi connectivity index (χ0) is 12.0. The van der Waals surface area contributed by atoms with Gasteiger partial charge in [-0.3, -0.25) is 4.79 Å². The van der Waals surface area contributed by atoms with Crippen LogP contribution in [-0.4, -0.2) is 66.7 Å². The fraction of sp³-hybridized carbons (Fsp3) is 0.909. The standard InChI is InChI=1S/C11H23N3O2/c1-13(6-2-5-12)11(16)4-8-14-7-3-10(15)9-14/h10,15H,2-9,12H2,1H3. The second-order valence-corrected chi connectivity index (χ2v) is 4.45. The molecule has 1 amide bonds. The second kappa shape index (κ2) is 6.83. The number of β-amino-alcohol motifs (C(OH)–C–C–N with tert-alkyl or cyclic N) is 1. The first kappa shape index (κ1) is 13.4. The van der Waals surface area contributed by atoms with Crippen molar-refractivity contribution in [3.05, 3.63) is 0 Å². The fourth-order valence-electron chi connectivity index (χ4n) is 1.91. The zero-order valence-corrected chi connectivity index (χ0v) is 10.1. The molecule has 0 aromatic heterocycles. The zero-order valence-electron chi connectivity index (χ0n) is 10.1. The fourth-order valence-corrected chi connectivity index (χ4v) is 1.91. The Kier molecular flexibility index (Phi) is 5.73. The Labute approximate surface area is 97.2 Å². The topological polar surface area (TPSA) is 69.8 Å². The summed E-state index contributed by atoms with van der Waals surface area (Å²) in [6.45, 7) is 3.72. The van der Waals surface area contributed by atoms with Crippen LogP contribution in [-0.2, 0) is 4.79 Å². The SMILES string of the molecule is CN(CCCN)C(=O)CCN1CCC(O)C1. The summed E-state index contributed by atoms with van der Waals surface area (Å²) in [4.78, 5) is 15.6. The van der Waals surface area contributed by atoms with Crippen molar-refractivity contribution < 1.29 is 9.90 Å². The molecule has 94 valence electrons. The van der Waals surface area contributed by atoms with Gasteiger partial charge in [0.15, 0.2) is 0 Å². The van der Waals surface area contributed by atoms with Gasteiger partial charge in [-0.2, -0.15) is 0 Å². The predicted octanol–water partition coefficient (Wildman–Crippen LogP) is -0.750. The Balaban J connectivity index is 2.14. The summed E-state index contributed by atoms with van der Waals surface area (Å²) in [6, 6.07) is 0. The van der Waals surface area contributed by atoms with Crippen LogP contribution in [0, 0.1) is 0 Å². The molecule has 16 heavy (non-hydrogen) atoms. The van der Waals surface area contributed by atoms with Gasteiger partial charge in [-0.1, -0.05) is 0 Å². The molecule has 0 aromatic rings. The smallest absolute Gasteiger partial charge is 0.223 e. The lowest BCUT2D eigenvalue weighted by molar-refractivity contribution is -0.130. The third-order valence-corrected chi connectivity index (χ3v) is 3.01.